The number of aromatic nitrogens is 2. The number of thioether (sulfide) groups is 1. The van der Waals surface area contributed by atoms with Crippen molar-refractivity contribution in [1.29, 1.82) is 0 Å². The normalized spacial score (nSPS) is 10.6. The van der Waals surface area contributed by atoms with Crippen molar-refractivity contribution in [2.75, 3.05) is 25.3 Å². The number of amides is 1. The first kappa shape index (κ1) is 21.5. The van der Waals surface area contributed by atoms with Crippen LogP contribution >= 0.6 is 11.8 Å². The Balaban J connectivity index is 1.42. The van der Waals surface area contributed by atoms with Crippen LogP contribution in [0.3, 0.4) is 0 Å². The third-order valence-electron chi connectivity index (χ3n) is 4.66. The number of hydrogen-bond acceptors (Lipinski definition) is 7. The standard InChI is InChI=1S/C24H21N3O4S/c1-29-17-12-13-19(21(14-17)30-2)23-26-27-24(31-23)32-15-22(28)25-20-11-7-6-10-18(20)16-8-4-3-5-9-16/h3-14H,15H2,1-2H3,(H,25,28). The Labute approximate surface area is 189 Å². The van der Waals surface area contributed by atoms with Gasteiger partial charge in [-0.15, -0.1) is 10.2 Å². The topological polar surface area (TPSA) is 86.5 Å². The molecule has 3 aromatic carbocycles. The molecule has 0 atom stereocenters. The van der Waals surface area contributed by atoms with Crippen molar-refractivity contribution >= 4 is 23.4 Å². The third kappa shape index (κ3) is 4.92. The summed E-state index contributed by atoms with van der Waals surface area (Å²) in [5.41, 5.74) is 3.39. The van der Waals surface area contributed by atoms with Gasteiger partial charge < -0.3 is 19.2 Å². The Morgan fingerprint density at radius 2 is 1.72 bits per heavy atom. The zero-order valence-corrected chi connectivity index (χ0v) is 18.4. The van der Waals surface area contributed by atoms with Gasteiger partial charge in [-0.1, -0.05) is 60.3 Å². The van der Waals surface area contributed by atoms with Crippen molar-refractivity contribution in [3.05, 3.63) is 72.8 Å². The van der Waals surface area contributed by atoms with Crippen molar-refractivity contribution in [3.63, 3.8) is 0 Å². The molecule has 32 heavy (non-hydrogen) atoms. The Hall–Kier alpha value is -3.78. The smallest absolute Gasteiger partial charge is 0.277 e. The largest absolute Gasteiger partial charge is 0.497 e. The summed E-state index contributed by atoms with van der Waals surface area (Å²) in [6, 6.07) is 22.9. The molecule has 0 bridgehead atoms. The van der Waals surface area contributed by atoms with E-state index in [1.807, 2.05) is 54.6 Å². The second-order valence-electron chi connectivity index (χ2n) is 6.69. The lowest BCUT2D eigenvalue weighted by Crippen LogP contribution is -2.14. The predicted molar refractivity (Wildman–Crippen MR) is 124 cm³/mol. The third-order valence-corrected chi connectivity index (χ3v) is 5.48. The Kier molecular flexibility index (Phi) is 6.72. The molecule has 1 N–H and O–H groups in total. The minimum absolute atomic E-state index is 0.129. The highest BCUT2D eigenvalue weighted by Gasteiger charge is 2.16. The number of methoxy groups -OCH3 is 2. The van der Waals surface area contributed by atoms with E-state index in [-0.39, 0.29) is 11.7 Å². The molecule has 0 saturated heterocycles. The van der Waals surface area contributed by atoms with E-state index >= 15 is 0 Å². The Bertz CT molecular complexity index is 1210. The molecule has 0 radical (unpaired) electrons. The molecule has 1 aromatic heterocycles. The number of rotatable bonds is 8. The molecule has 162 valence electrons. The van der Waals surface area contributed by atoms with Crippen LogP contribution in [0.25, 0.3) is 22.6 Å². The first-order chi connectivity index (χ1) is 15.7. The van der Waals surface area contributed by atoms with E-state index in [0.717, 1.165) is 16.8 Å². The number of benzene rings is 3. The van der Waals surface area contributed by atoms with E-state index in [2.05, 4.69) is 15.5 Å². The maximum absolute atomic E-state index is 12.6. The SMILES string of the molecule is COc1ccc(-c2nnc(SCC(=O)Nc3ccccc3-c3ccccc3)o2)c(OC)c1. The molecule has 0 aliphatic carbocycles. The number of para-hydroxylation sites is 1. The van der Waals surface area contributed by atoms with Crippen molar-refractivity contribution in [1.82, 2.24) is 10.2 Å². The van der Waals surface area contributed by atoms with Crippen molar-refractivity contribution in [2.45, 2.75) is 5.22 Å². The molecule has 0 unspecified atom stereocenters. The monoisotopic (exact) mass is 447 g/mol. The van der Waals surface area contributed by atoms with Crippen LogP contribution < -0.4 is 14.8 Å². The van der Waals surface area contributed by atoms with E-state index in [1.165, 1.54) is 11.8 Å². The number of anilines is 1. The van der Waals surface area contributed by atoms with Gasteiger partial charge in [-0.25, -0.2) is 0 Å². The maximum Gasteiger partial charge on any atom is 0.277 e. The lowest BCUT2D eigenvalue weighted by atomic mass is 10.0. The molecule has 0 fully saturated rings. The van der Waals surface area contributed by atoms with Crippen LogP contribution in [0.2, 0.25) is 0 Å². The van der Waals surface area contributed by atoms with Gasteiger partial charge >= 0.3 is 0 Å². The molecule has 1 heterocycles. The summed E-state index contributed by atoms with van der Waals surface area (Å²) < 4.78 is 16.3. The van der Waals surface area contributed by atoms with Gasteiger partial charge in [0.1, 0.15) is 11.5 Å². The zero-order valence-electron chi connectivity index (χ0n) is 17.6. The molecule has 0 spiro atoms. The van der Waals surface area contributed by atoms with Gasteiger partial charge in [0.25, 0.3) is 11.1 Å². The molecule has 7 nitrogen and oxygen atoms in total. The van der Waals surface area contributed by atoms with Crippen LogP contribution in [-0.2, 0) is 4.79 Å². The first-order valence-electron chi connectivity index (χ1n) is 9.81. The molecule has 4 aromatic rings. The van der Waals surface area contributed by atoms with E-state index in [0.29, 0.717) is 28.2 Å². The predicted octanol–water partition coefficient (Wildman–Crippen LogP) is 5.15. The van der Waals surface area contributed by atoms with Crippen molar-refractivity contribution in [3.8, 4) is 34.1 Å². The molecule has 1 amide bonds. The summed E-state index contributed by atoms with van der Waals surface area (Å²) in [6.45, 7) is 0. The van der Waals surface area contributed by atoms with E-state index in [1.54, 1.807) is 32.4 Å². The minimum Gasteiger partial charge on any atom is -0.497 e. The first-order valence-corrected chi connectivity index (χ1v) is 10.8. The second-order valence-corrected chi connectivity index (χ2v) is 7.61. The van der Waals surface area contributed by atoms with Gasteiger partial charge in [0.05, 0.1) is 25.5 Å². The van der Waals surface area contributed by atoms with Crippen LogP contribution in [0.4, 0.5) is 5.69 Å². The fraction of sp³-hybridized carbons (Fsp3) is 0.125. The van der Waals surface area contributed by atoms with Gasteiger partial charge in [-0.05, 0) is 23.8 Å². The van der Waals surface area contributed by atoms with Crippen LogP contribution in [-0.4, -0.2) is 36.1 Å². The number of carbonyl (C=O) groups is 1. The fourth-order valence-electron chi connectivity index (χ4n) is 3.13. The second kappa shape index (κ2) is 10.0. The average Bonchev–Trinajstić information content (AvgIpc) is 3.32. The minimum atomic E-state index is -0.167. The molecule has 8 heteroatoms. The summed E-state index contributed by atoms with van der Waals surface area (Å²) in [6.07, 6.45) is 0. The van der Waals surface area contributed by atoms with Gasteiger partial charge in [0.2, 0.25) is 5.91 Å². The number of carbonyl (C=O) groups excluding carboxylic acids is 1. The van der Waals surface area contributed by atoms with Crippen LogP contribution in [0, 0.1) is 0 Å². The average molecular weight is 448 g/mol. The van der Waals surface area contributed by atoms with E-state index in [4.69, 9.17) is 13.9 Å². The number of nitrogens with zero attached hydrogens (tertiary/aromatic N) is 2. The van der Waals surface area contributed by atoms with Crippen LogP contribution in [0.5, 0.6) is 11.5 Å². The highest BCUT2D eigenvalue weighted by molar-refractivity contribution is 7.99. The highest BCUT2D eigenvalue weighted by atomic mass is 32.2. The number of hydrogen-bond donors (Lipinski definition) is 1. The number of ether oxygens (including phenoxy) is 2. The molecular weight excluding hydrogens is 426 g/mol. The quantitative estimate of drug-likeness (QED) is 0.374. The number of nitrogens with one attached hydrogen (secondary N) is 1. The van der Waals surface area contributed by atoms with E-state index in [9.17, 15) is 4.79 Å². The van der Waals surface area contributed by atoms with Crippen molar-refractivity contribution < 1.29 is 18.7 Å². The van der Waals surface area contributed by atoms with Crippen LogP contribution in [0.15, 0.2) is 82.4 Å². The summed E-state index contributed by atoms with van der Waals surface area (Å²) >= 11 is 1.17. The highest BCUT2D eigenvalue weighted by Crippen LogP contribution is 2.34. The fourth-order valence-corrected chi connectivity index (χ4v) is 3.69. The molecule has 4 rings (SSSR count). The molecule has 0 aliphatic rings. The van der Waals surface area contributed by atoms with Gasteiger partial charge in [0, 0.05) is 17.3 Å². The Morgan fingerprint density at radius 1 is 0.938 bits per heavy atom. The van der Waals surface area contributed by atoms with Gasteiger partial charge in [0.15, 0.2) is 0 Å². The van der Waals surface area contributed by atoms with Crippen LogP contribution in [0.1, 0.15) is 0 Å². The summed E-state index contributed by atoms with van der Waals surface area (Å²) in [5.74, 6) is 1.49. The zero-order chi connectivity index (χ0) is 22.3. The molecule has 0 saturated carbocycles. The van der Waals surface area contributed by atoms with Gasteiger partial charge in [-0.3, -0.25) is 4.79 Å². The van der Waals surface area contributed by atoms with Gasteiger partial charge in [-0.2, -0.15) is 0 Å². The maximum atomic E-state index is 12.6. The lowest BCUT2D eigenvalue weighted by Gasteiger charge is -2.10. The Morgan fingerprint density at radius 3 is 2.50 bits per heavy atom. The molecule has 0 aliphatic heterocycles. The lowest BCUT2D eigenvalue weighted by molar-refractivity contribution is -0.113. The summed E-state index contributed by atoms with van der Waals surface area (Å²) in [5, 5.41) is 11.4. The molecular formula is C24H21N3O4S. The van der Waals surface area contributed by atoms with Crippen molar-refractivity contribution in [2.24, 2.45) is 0 Å². The summed E-state index contributed by atoms with van der Waals surface area (Å²) in [4.78, 5) is 12.6. The van der Waals surface area contributed by atoms with E-state index < -0.39 is 0 Å². The summed E-state index contributed by atoms with van der Waals surface area (Å²) in [7, 11) is 3.14.